The van der Waals surface area contributed by atoms with E-state index in [1.54, 1.807) is 45.9 Å². The summed E-state index contributed by atoms with van der Waals surface area (Å²) in [7, 11) is 1.63. The molecule has 10 heteroatoms. The molecule has 2 aromatic carbocycles. The summed E-state index contributed by atoms with van der Waals surface area (Å²) in [5.41, 5.74) is 2.46. The van der Waals surface area contributed by atoms with Gasteiger partial charge in [0.1, 0.15) is 11.9 Å². The quantitative estimate of drug-likeness (QED) is 0.569. The maximum Gasteiger partial charge on any atom is 0.276 e. The molecule has 1 fully saturated rings. The van der Waals surface area contributed by atoms with Crippen molar-refractivity contribution in [2.24, 2.45) is 0 Å². The van der Waals surface area contributed by atoms with Gasteiger partial charge in [0.05, 0.1) is 36.5 Å². The first kappa shape index (κ1) is 22.4. The van der Waals surface area contributed by atoms with Crippen LogP contribution in [0.5, 0.6) is 5.75 Å². The number of ether oxygens (including phenoxy) is 2. The third-order valence-electron chi connectivity index (χ3n) is 6.25. The van der Waals surface area contributed by atoms with Crippen LogP contribution >= 0.6 is 11.6 Å². The van der Waals surface area contributed by atoms with Gasteiger partial charge in [-0.25, -0.2) is 4.68 Å². The van der Waals surface area contributed by atoms with Crippen molar-refractivity contribution in [3.05, 3.63) is 76.1 Å². The van der Waals surface area contributed by atoms with Crippen LogP contribution in [-0.2, 0) is 17.9 Å². The van der Waals surface area contributed by atoms with E-state index in [9.17, 15) is 9.59 Å². The average molecular weight is 482 g/mol. The molecular formula is C24H24ClN5O4. The van der Waals surface area contributed by atoms with Crippen LogP contribution in [0.1, 0.15) is 38.2 Å². The number of carbonyl (C=O) groups is 2. The van der Waals surface area contributed by atoms with E-state index in [0.29, 0.717) is 54.7 Å². The molecule has 9 nitrogen and oxygen atoms in total. The molecule has 0 unspecified atom stereocenters. The van der Waals surface area contributed by atoms with E-state index in [0.717, 1.165) is 11.3 Å². The minimum atomic E-state index is -0.197. The Kier molecular flexibility index (Phi) is 6.21. The van der Waals surface area contributed by atoms with Crippen molar-refractivity contribution in [3.63, 3.8) is 0 Å². The van der Waals surface area contributed by atoms with Crippen LogP contribution in [0, 0.1) is 0 Å². The molecule has 2 amide bonds. The number of piperazine rings is 1. The molecular weight excluding hydrogens is 458 g/mol. The van der Waals surface area contributed by atoms with Crippen LogP contribution in [0.25, 0.3) is 0 Å². The fourth-order valence-corrected chi connectivity index (χ4v) is 4.48. The molecule has 176 valence electrons. The van der Waals surface area contributed by atoms with Gasteiger partial charge in [-0.05, 0) is 29.8 Å². The molecule has 0 N–H and O–H groups in total. The number of rotatable bonds is 4. The highest BCUT2D eigenvalue weighted by Gasteiger charge is 2.32. The number of nitrogens with zero attached hydrogens (tertiary/aromatic N) is 5. The molecule has 0 saturated carbocycles. The number of carbonyl (C=O) groups excluding carboxylic acids is 2. The first-order chi connectivity index (χ1) is 16.5. The Morgan fingerprint density at radius 1 is 1.00 bits per heavy atom. The number of methoxy groups -OCH3 is 1. The lowest BCUT2D eigenvalue weighted by atomic mass is 10.1. The number of fused-ring (bicyclic) bond motifs is 1. The molecule has 5 rings (SSSR count). The number of halogens is 1. The summed E-state index contributed by atoms with van der Waals surface area (Å²) in [5, 5.41) is 8.80. The number of benzene rings is 2. The minimum Gasteiger partial charge on any atom is -0.497 e. The zero-order valence-corrected chi connectivity index (χ0v) is 19.4. The summed E-state index contributed by atoms with van der Waals surface area (Å²) in [6, 6.07) is 14.7. The molecule has 34 heavy (non-hydrogen) atoms. The van der Waals surface area contributed by atoms with Gasteiger partial charge in [0.2, 0.25) is 0 Å². The van der Waals surface area contributed by atoms with Crippen LogP contribution < -0.4 is 4.74 Å². The zero-order valence-electron chi connectivity index (χ0n) is 18.7. The molecule has 2 aliphatic heterocycles. The monoisotopic (exact) mass is 481 g/mol. The third kappa shape index (κ3) is 4.24. The van der Waals surface area contributed by atoms with Crippen LogP contribution in [0.2, 0.25) is 5.02 Å². The fourth-order valence-electron chi connectivity index (χ4n) is 4.27. The van der Waals surface area contributed by atoms with Gasteiger partial charge >= 0.3 is 0 Å². The second-order valence-corrected chi connectivity index (χ2v) is 8.61. The summed E-state index contributed by atoms with van der Waals surface area (Å²) in [4.78, 5) is 29.4. The largest absolute Gasteiger partial charge is 0.497 e. The second-order valence-electron chi connectivity index (χ2n) is 8.20. The topological polar surface area (TPSA) is 89.8 Å². The molecule has 1 atom stereocenters. The van der Waals surface area contributed by atoms with Gasteiger partial charge in [0, 0.05) is 26.2 Å². The lowest BCUT2D eigenvalue weighted by molar-refractivity contribution is -0.00204. The van der Waals surface area contributed by atoms with Gasteiger partial charge in [0.25, 0.3) is 11.8 Å². The lowest BCUT2D eigenvalue weighted by Crippen LogP contribution is -2.50. The fraction of sp³-hybridized carbons (Fsp3) is 0.333. The molecule has 1 saturated heterocycles. The molecule has 2 aliphatic rings. The number of hydrogen-bond donors (Lipinski definition) is 0. The summed E-state index contributed by atoms with van der Waals surface area (Å²) in [6.07, 6.45) is -0.178. The summed E-state index contributed by atoms with van der Waals surface area (Å²) in [5.74, 6) is 0.455. The highest BCUT2D eigenvalue weighted by molar-refractivity contribution is 6.33. The van der Waals surface area contributed by atoms with Crippen LogP contribution in [0.3, 0.4) is 0 Å². The van der Waals surface area contributed by atoms with Crippen molar-refractivity contribution in [1.82, 2.24) is 24.8 Å². The predicted octanol–water partition coefficient (Wildman–Crippen LogP) is 2.81. The Labute approximate surface area is 201 Å². The third-order valence-corrected chi connectivity index (χ3v) is 6.58. The Morgan fingerprint density at radius 3 is 2.35 bits per heavy atom. The van der Waals surface area contributed by atoms with Gasteiger partial charge < -0.3 is 19.3 Å². The maximum atomic E-state index is 13.2. The van der Waals surface area contributed by atoms with Crippen molar-refractivity contribution in [1.29, 1.82) is 0 Å². The Hall–Kier alpha value is -3.43. The normalized spacial score (nSPS) is 17.9. The SMILES string of the molecule is COc1ccc([C@H]2Cn3nnc(C(=O)N4CCN(C(=O)c5ccccc5Cl)CC4)c3CO2)cc1. The Bertz CT molecular complexity index is 1200. The maximum absolute atomic E-state index is 13.2. The van der Waals surface area contributed by atoms with E-state index in [1.165, 1.54) is 0 Å². The molecule has 3 heterocycles. The standard InChI is InChI=1S/C24H24ClN5O4/c1-33-17-8-6-16(7-9-17)21-14-30-20(15-34-21)22(26-27-30)24(32)29-12-10-28(11-13-29)23(31)18-4-2-3-5-19(18)25/h2-9,21H,10-15H2,1H3/t21-/m1/s1. The second kappa shape index (κ2) is 9.44. The summed E-state index contributed by atoms with van der Waals surface area (Å²) < 4.78 is 13.0. The molecule has 0 radical (unpaired) electrons. The van der Waals surface area contributed by atoms with Gasteiger partial charge in [-0.3, -0.25) is 9.59 Å². The van der Waals surface area contributed by atoms with E-state index < -0.39 is 0 Å². The van der Waals surface area contributed by atoms with E-state index in [2.05, 4.69) is 10.3 Å². The average Bonchev–Trinajstić information content (AvgIpc) is 3.31. The first-order valence-electron chi connectivity index (χ1n) is 11.1. The first-order valence-corrected chi connectivity index (χ1v) is 11.4. The predicted molar refractivity (Wildman–Crippen MR) is 124 cm³/mol. The minimum absolute atomic E-state index is 0.128. The van der Waals surface area contributed by atoms with E-state index >= 15 is 0 Å². The molecule has 0 spiro atoms. The number of aromatic nitrogens is 3. The molecule has 0 aliphatic carbocycles. The van der Waals surface area contributed by atoms with Crippen molar-refractivity contribution in [2.75, 3.05) is 33.3 Å². The van der Waals surface area contributed by atoms with Crippen molar-refractivity contribution in [2.45, 2.75) is 19.3 Å². The lowest BCUT2D eigenvalue weighted by Gasteiger charge is -2.34. The van der Waals surface area contributed by atoms with Crippen LogP contribution in [0.15, 0.2) is 48.5 Å². The van der Waals surface area contributed by atoms with Crippen molar-refractivity contribution in [3.8, 4) is 5.75 Å². The number of amides is 2. The number of hydrogen-bond acceptors (Lipinski definition) is 6. The smallest absolute Gasteiger partial charge is 0.276 e. The summed E-state index contributed by atoms with van der Waals surface area (Å²) in [6.45, 7) is 2.40. The van der Waals surface area contributed by atoms with Gasteiger partial charge in [0.15, 0.2) is 5.69 Å². The van der Waals surface area contributed by atoms with Crippen LogP contribution in [0.4, 0.5) is 0 Å². The Balaban J connectivity index is 1.23. The highest BCUT2D eigenvalue weighted by atomic mass is 35.5. The molecule has 1 aromatic heterocycles. The van der Waals surface area contributed by atoms with E-state index in [-0.39, 0.29) is 24.5 Å². The summed E-state index contributed by atoms with van der Waals surface area (Å²) >= 11 is 6.17. The highest BCUT2D eigenvalue weighted by Crippen LogP contribution is 2.28. The van der Waals surface area contributed by atoms with E-state index in [1.807, 2.05) is 24.3 Å². The molecule has 0 bridgehead atoms. The van der Waals surface area contributed by atoms with Gasteiger partial charge in [-0.2, -0.15) is 0 Å². The van der Waals surface area contributed by atoms with Gasteiger partial charge in [-0.15, -0.1) is 5.10 Å². The van der Waals surface area contributed by atoms with Crippen molar-refractivity contribution >= 4 is 23.4 Å². The Morgan fingerprint density at radius 2 is 1.68 bits per heavy atom. The van der Waals surface area contributed by atoms with Crippen LogP contribution in [-0.4, -0.2) is 69.9 Å². The van der Waals surface area contributed by atoms with Gasteiger partial charge in [-0.1, -0.05) is 41.1 Å². The van der Waals surface area contributed by atoms with Crippen molar-refractivity contribution < 1.29 is 19.1 Å². The van der Waals surface area contributed by atoms with E-state index in [4.69, 9.17) is 21.1 Å². The molecule has 3 aromatic rings. The zero-order chi connectivity index (χ0) is 23.7.